The molecule has 0 amide bonds. The van der Waals surface area contributed by atoms with E-state index in [2.05, 4.69) is 0 Å². The molecule has 0 radical (unpaired) electrons. The largest absolute Gasteiger partial charge is 0.460 e. The van der Waals surface area contributed by atoms with Crippen LogP contribution in [-0.4, -0.2) is 35.5 Å². The zero-order valence-electron chi connectivity index (χ0n) is 8.92. The van der Waals surface area contributed by atoms with Gasteiger partial charge < -0.3 is 14.6 Å². The standard InChI is InChI=1S/C11H16O4/c1-3-4-9-8(12)5-7-10(15-9)6(2)14-11(7)13/h3-4,6-10,12H,5H2,1-2H3/t6-,7+,8-,9+,10-/m1/s1. The number of fused-ring (bicyclic) bond motifs is 1. The molecule has 0 spiro atoms. The summed E-state index contributed by atoms with van der Waals surface area (Å²) in [6.45, 7) is 3.70. The van der Waals surface area contributed by atoms with E-state index in [1.165, 1.54) is 0 Å². The molecule has 1 N–H and O–H groups in total. The predicted molar refractivity (Wildman–Crippen MR) is 53.1 cm³/mol. The Morgan fingerprint density at radius 3 is 2.93 bits per heavy atom. The number of aliphatic hydroxyl groups excluding tert-OH is 1. The summed E-state index contributed by atoms with van der Waals surface area (Å²) < 4.78 is 10.7. The van der Waals surface area contributed by atoms with E-state index in [0.29, 0.717) is 6.42 Å². The molecule has 2 heterocycles. The van der Waals surface area contributed by atoms with Gasteiger partial charge in [-0.15, -0.1) is 0 Å². The fourth-order valence-electron chi connectivity index (χ4n) is 2.26. The van der Waals surface area contributed by atoms with Crippen LogP contribution in [0.5, 0.6) is 0 Å². The van der Waals surface area contributed by atoms with Crippen LogP contribution in [0, 0.1) is 5.92 Å². The first-order valence-electron chi connectivity index (χ1n) is 5.30. The van der Waals surface area contributed by atoms with Gasteiger partial charge in [0.1, 0.15) is 18.3 Å². The van der Waals surface area contributed by atoms with E-state index in [1.54, 1.807) is 0 Å². The average molecular weight is 212 g/mol. The van der Waals surface area contributed by atoms with Crippen molar-refractivity contribution in [3.05, 3.63) is 12.2 Å². The minimum absolute atomic E-state index is 0.206. The summed E-state index contributed by atoms with van der Waals surface area (Å²) >= 11 is 0. The Hall–Kier alpha value is -0.870. The predicted octanol–water partition coefficient (Wildman–Crippen LogP) is 0.642. The maximum atomic E-state index is 11.4. The van der Waals surface area contributed by atoms with Crippen molar-refractivity contribution >= 4 is 5.97 Å². The lowest BCUT2D eigenvalue weighted by Gasteiger charge is -2.33. The Morgan fingerprint density at radius 1 is 1.53 bits per heavy atom. The molecule has 0 bridgehead atoms. The van der Waals surface area contributed by atoms with Crippen molar-refractivity contribution in [2.75, 3.05) is 0 Å². The summed E-state index contributed by atoms with van der Waals surface area (Å²) in [5.41, 5.74) is 0. The molecule has 84 valence electrons. The molecule has 5 atom stereocenters. The minimum Gasteiger partial charge on any atom is -0.460 e. The van der Waals surface area contributed by atoms with Gasteiger partial charge in [0.2, 0.25) is 0 Å². The zero-order valence-corrected chi connectivity index (χ0v) is 8.92. The van der Waals surface area contributed by atoms with Crippen LogP contribution in [0.1, 0.15) is 20.3 Å². The number of rotatable bonds is 1. The molecule has 0 aromatic carbocycles. The van der Waals surface area contributed by atoms with Crippen LogP contribution in [0.25, 0.3) is 0 Å². The first-order valence-corrected chi connectivity index (χ1v) is 5.30. The first kappa shape index (κ1) is 10.6. The summed E-state index contributed by atoms with van der Waals surface area (Å²) in [4.78, 5) is 11.4. The van der Waals surface area contributed by atoms with Crippen molar-refractivity contribution in [1.29, 1.82) is 0 Å². The highest BCUT2D eigenvalue weighted by Crippen LogP contribution is 2.35. The quantitative estimate of drug-likeness (QED) is 0.512. The Bertz CT molecular complexity index is 286. The van der Waals surface area contributed by atoms with Crippen LogP contribution < -0.4 is 0 Å². The molecule has 0 aromatic rings. The van der Waals surface area contributed by atoms with Gasteiger partial charge in [0.05, 0.1) is 12.0 Å². The van der Waals surface area contributed by atoms with Crippen molar-refractivity contribution in [3.8, 4) is 0 Å². The molecule has 2 aliphatic rings. The fraction of sp³-hybridized carbons (Fsp3) is 0.727. The summed E-state index contributed by atoms with van der Waals surface area (Å²) in [5.74, 6) is -0.540. The molecule has 2 saturated heterocycles. The monoisotopic (exact) mass is 212 g/mol. The maximum Gasteiger partial charge on any atom is 0.312 e. The fourth-order valence-corrected chi connectivity index (χ4v) is 2.26. The molecule has 0 aromatic heterocycles. The number of hydrogen-bond donors (Lipinski definition) is 1. The van der Waals surface area contributed by atoms with Gasteiger partial charge >= 0.3 is 5.97 Å². The molecule has 0 saturated carbocycles. The molecular weight excluding hydrogens is 196 g/mol. The van der Waals surface area contributed by atoms with E-state index in [0.717, 1.165) is 0 Å². The van der Waals surface area contributed by atoms with Gasteiger partial charge in [0, 0.05) is 0 Å². The van der Waals surface area contributed by atoms with Crippen LogP contribution in [0.2, 0.25) is 0 Å². The van der Waals surface area contributed by atoms with Crippen molar-refractivity contribution in [1.82, 2.24) is 0 Å². The van der Waals surface area contributed by atoms with Crippen LogP contribution in [-0.2, 0) is 14.3 Å². The molecule has 15 heavy (non-hydrogen) atoms. The third-order valence-electron chi connectivity index (χ3n) is 3.04. The highest BCUT2D eigenvalue weighted by Gasteiger charge is 2.49. The average Bonchev–Trinajstić information content (AvgIpc) is 2.44. The Morgan fingerprint density at radius 2 is 2.27 bits per heavy atom. The summed E-state index contributed by atoms with van der Waals surface area (Å²) in [7, 11) is 0. The smallest absolute Gasteiger partial charge is 0.312 e. The van der Waals surface area contributed by atoms with Crippen molar-refractivity contribution in [3.63, 3.8) is 0 Å². The van der Waals surface area contributed by atoms with E-state index in [1.807, 2.05) is 26.0 Å². The maximum absolute atomic E-state index is 11.4. The number of carbonyl (C=O) groups is 1. The molecule has 0 unspecified atom stereocenters. The van der Waals surface area contributed by atoms with Gasteiger partial charge in [-0.3, -0.25) is 4.79 Å². The molecular formula is C11H16O4. The third-order valence-corrected chi connectivity index (χ3v) is 3.04. The van der Waals surface area contributed by atoms with Gasteiger partial charge in [0.25, 0.3) is 0 Å². The van der Waals surface area contributed by atoms with Crippen LogP contribution >= 0.6 is 0 Å². The first-order chi connectivity index (χ1) is 7.13. The normalized spacial score (nSPS) is 45.5. The number of allylic oxidation sites excluding steroid dienone is 1. The number of aliphatic hydroxyl groups is 1. The van der Waals surface area contributed by atoms with Gasteiger partial charge in [-0.25, -0.2) is 0 Å². The number of esters is 1. The highest BCUT2D eigenvalue weighted by molar-refractivity contribution is 5.76. The van der Waals surface area contributed by atoms with Crippen molar-refractivity contribution in [2.24, 2.45) is 5.92 Å². The van der Waals surface area contributed by atoms with E-state index in [9.17, 15) is 9.90 Å². The summed E-state index contributed by atoms with van der Waals surface area (Å²) in [6, 6.07) is 0. The second kappa shape index (κ2) is 3.94. The molecule has 2 fully saturated rings. The molecule has 2 aliphatic heterocycles. The minimum atomic E-state index is -0.611. The lowest BCUT2D eigenvalue weighted by Crippen LogP contribution is -2.45. The number of carbonyl (C=O) groups excluding carboxylic acids is 1. The number of ether oxygens (including phenoxy) is 2. The van der Waals surface area contributed by atoms with Gasteiger partial charge in [-0.1, -0.05) is 12.2 Å². The topological polar surface area (TPSA) is 55.8 Å². The van der Waals surface area contributed by atoms with Crippen LogP contribution in [0.3, 0.4) is 0 Å². The molecule has 4 nitrogen and oxygen atoms in total. The molecule has 0 aliphatic carbocycles. The second-order valence-electron chi connectivity index (χ2n) is 4.14. The van der Waals surface area contributed by atoms with Gasteiger partial charge in [-0.2, -0.15) is 0 Å². The molecule has 2 rings (SSSR count). The Balaban J connectivity index is 2.13. The summed E-state index contributed by atoms with van der Waals surface area (Å²) in [6.07, 6.45) is 2.76. The van der Waals surface area contributed by atoms with Crippen LogP contribution in [0.4, 0.5) is 0 Å². The Kier molecular flexibility index (Phi) is 2.80. The second-order valence-corrected chi connectivity index (χ2v) is 4.14. The van der Waals surface area contributed by atoms with Crippen molar-refractivity contribution in [2.45, 2.75) is 44.7 Å². The van der Waals surface area contributed by atoms with Gasteiger partial charge in [0.15, 0.2) is 0 Å². The van der Waals surface area contributed by atoms with Crippen LogP contribution in [0.15, 0.2) is 12.2 Å². The number of cyclic esters (lactones) is 1. The van der Waals surface area contributed by atoms with E-state index < -0.39 is 6.10 Å². The van der Waals surface area contributed by atoms with Gasteiger partial charge in [-0.05, 0) is 20.3 Å². The highest BCUT2D eigenvalue weighted by atomic mass is 16.6. The van der Waals surface area contributed by atoms with E-state index in [4.69, 9.17) is 9.47 Å². The van der Waals surface area contributed by atoms with Crippen molar-refractivity contribution < 1.29 is 19.4 Å². The summed E-state index contributed by atoms with van der Waals surface area (Å²) in [5, 5.41) is 9.77. The Labute approximate surface area is 88.9 Å². The zero-order chi connectivity index (χ0) is 11.0. The lowest BCUT2D eigenvalue weighted by atomic mass is 9.89. The SMILES string of the molecule is CC=C[C@@H]1O[C@H]2[C@H](C[C@H]1O)C(=O)O[C@@H]2C. The third kappa shape index (κ3) is 1.79. The van der Waals surface area contributed by atoms with E-state index in [-0.39, 0.29) is 30.2 Å². The lowest BCUT2D eigenvalue weighted by molar-refractivity contribution is -0.146. The van der Waals surface area contributed by atoms with E-state index >= 15 is 0 Å². The molecule has 4 heteroatoms. The number of hydrogen-bond acceptors (Lipinski definition) is 4.